The number of hydrogen-bond donors (Lipinski definition) is 1. The molecule has 41 heavy (non-hydrogen) atoms. The fourth-order valence-corrected chi connectivity index (χ4v) is 7.34. The van der Waals surface area contributed by atoms with Crippen LogP contribution in [-0.2, 0) is 32.6 Å². The Morgan fingerprint density at radius 2 is 1.63 bits per heavy atom. The van der Waals surface area contributed by atoms with Gasteiger partial charge in [-0.25, -0.2) is 8.42 Å². The average Bonchev–Trinajstić information content (AvgIpc) is 3.19. The number of nitrogens with zero attached hydrogens (tertiary/aromatic N) is 2. The van der Waals surface area contributed by atoms with E-state index in [1.54, 1.807) is 48.3 Å². The summed E-state index contributed by atoms with van der Waals surface area (Å²) < 4.78 is 28.1. The molecule has 4 aromatic rings. The van der Waals surface area contributed by atoms with Gasteiger partial charge in [0.15, 0.2) is 0 Å². The Bertz CT molecular complexity index is 1710. The Labute approximate surface area is 249 Å². The van der Waals surface area contributed by atoms with E-state index < -0.39 is 16.1 Å². The first kappa shape index (κ1) is 28.9. The minimum Gasteiger partial charge on any atom is -0.357 e. The van der Waals surface area contributed by atoms with Gasteiger partial charge in [-0.3, -0.25) is 13.9 Å². The molecule has 0 spiro atoms. The van der Waals surface area contributed by atoms with Crippen molar-refractivity contribution in [2.45, 2.75) is 36.7 Å². The van der Waals surface area contributed by atoms with Crippen LogP contribution in [0.1, 0.15) is 24.0 Å². The third-order valence-electron chi connectivity index (χ3n) is 7.29. The van der Waals surface area contributed by atoms with Gasteiger partial charge in [0.1, 0.15) is 6.04 Å². The van der Waals surface area contributed by atoms with Crippen LogP contribution in [0.2, 0.25) is 10.0 Å². The van der Waals surface area contributed by atoms with E-state index in [-0.39, 0.29) is 42.6 Å². The van der Waals surface area contributed by atoms with Crippen LogP contribution in [0.4, 0.5) is 5.69 Å². The zero-order valence-electron chi connectivity index (χ0n) is 22.4. The summed E-state index contributed by atoms with van der Waals surface area (Å²) in [7, 11) is -2.19. The molecule has 0 radical (unpaired) electrons. The zero-order valence-corrected chi connectivity index (χ0v) is 24.7. The molecule has 0 aliphatic carbocycles. The number of hydrogen-bond acceptors (Lipinski definition) is 4. The SMILES string of the molecule is CNC(=O)C(Cc1ccccc1)N(Cc1ccc(Cl)c(Cl)c1)C(=O)CCCN1c2cccc3cccc(c23)S1(=O)=O. The lowest BCUT2D eigenvalue weighted by Crippen LogP contribution is -2.49. The molecule has 10 heteroatoms. The molecule has 1 aliphatic rings. The summed E-state index contributed by atoms with van der Waals surface area (Å²) in [5, 5.41) is 4.99. The van der Waals surface area contributed by atoms with Crippen LogP contribution < -0.4 is 9.62 Å². The second-order valence-electron chi connectivity index (χ2n) is 9.90. The summed E-state index contributed by atoms with van der Waals surface area (Å²) in [5.74, 6) is -0.570. The third kappa shape index (κ3) is 5.91. The fraction of sp³-hybridized carbons (Fsp3) is 0.226. The van der Waals surface area contributed by atoms with Crippen molar-refractivity contribution in [3.05, 3.63) is 106 Å². The number of rotatable bonds is 10. The van der Waals surface area contributed by atoms with Crippen molar-refractivity contribution in [1.82, 2.24) is 10.2 Å². The van der Waals surface area contributed by atoms with Crippen LogP contribution in [-0.4, -0.2) is 44.8 Å². The lowest BCUT2D eigenvalue weighted by Gasteiger charge is -2.31. The molecule has 1 unspecified atom stereocenters. The van der Waals surface area contributed by atoms with Crippen molar-refractivity contribution in [2.75, 3.05) is 17.9 Å². The van der Waals surface area contributed by atoms with Crippen molar-refractivity contribution in [3.8, 4) is 0 Å². The van der Waals surface area contributed by atoms with E-state index in [1.165, 1.54) is 4.31 Å². The first-order valence-corrected chi connectivity index (χ1v) is 15.4. The first-order chi connectivity index (χ1) is 19.7. The van der Waals surface area contributed by atoms with Gasteiger partial charge in [0.05, 0.1) is 20.6 Å². The fourth-order valence-electron chi connectivity index (χ4n) is 5.27. The Morgan fingerprint density at radius 3 is 2.34 bits per heavy atom. The third-order valence-corrected chi connectivity index (χ3v) is 9.88. The molecule has 0 aromatic heterocycles. The van der Waals surface area contributed by atoms with Gasteiger partial charge in [0.2, 0.25) is 11.8 Å². The summed E-state index contributed by atoms with van der Waals surface area (Å²) in [6, 6.07) is 24.5. The highest BCUT2D eigenvalue weighted by molar-refractivity contribution is 7.93. The smallest absolute Gasteiger partial charge is 0.265 e. The molecule has 0 saturated carbocycles. The van der Waals surface area contributed by atoms with E-state index >= 15 is 0 Å². The predicted octanol–water partition coefficient (Wildman–Crippen LogP) is 5.82. The van der Waals surface area contributed by atoms with Gasteiger partial charge in [0, 0.05) is 38.4 Å². The molecule has 4 aromatic carbocycles. The van der Waals surface area contributed by atoms with Gasteiger partial charge < -0.3 is 10.2 Å². The number of anilines is 1. The van der Waals surface area contributed by atoms with Crippen LogP contribution >= 0.6 is 23.2 Å². The minimum atomic E-state index is -3.73. The molecule has 212 valence electrons. The normalized spacial score (nSPS) is 14.2. The molecule has 5 rings (SSSR count). The van der Waals surface area contributed by atoms with Gasteiger partial charge in [-0.15, -0.1) is 0 Å². The first-order valence-electron chi connectivity index (χ1n) is 13.2. The molecule has 2 amide bonds. The Hall–Kier alpha value is -3.59. The summed E-state index contributed by atoms with van der Waals surface area (Å²) >= 11 is 12.4. The quantitative estimate of drug-likeness (QED) is 0.245. The summed E-state index contributed by atoms with van der Waals surface area (Å²) in [6.07, 6.45) is 0.624. The number of nitrogens with one attached hydrogen (secondary N) is 1. The summed E-state index contributed by atoms with van der Waals surface area (Å²) in [4.78, 5) is 28.8. The van der Waals surface area contributed by atoms with Crippen LogP contribution in [0.3, 0.4) is 0 Å². The van der Waals surface area contributed by atoms with Crippen LogP contribution in [0.25, 0.3) is 10.8 Å². The van der Waals surface area contributed by atoms with E-state index in [1.807, 2.05) is 48.5 Å². The second-order valence-corrected chi connectivity index (χ2v) is 12.5. The largest absolute Gasteiger partial charge is 0.357 e. The minimum absolute atomic E-state index is 0.0436. The molecular weight excluding hydrogens is 581 g/mol. The number of amides is 2. The summed E-state index contributed by atoms with van der Waals surface area (Å²) in [5.41, 5.74) is 2.24. The monoisotopic (exact) mass is 609 g/mol. The molecule has 0 fully saturated rings. The van der Waals surface area contributed by atoms with E-state index in [9.17, 15) is 18.0 Å². The lowest BCUT2D eigenvalue weighted by molar-refractivity contribution is -0.141. The van der Waals surface area contributed by atoms with Crippen LogP contribution in [0, 0.1) is 0 Å². The molecule has 1 N–H and O–H groups in total. The maximum atomic E-state index is 13.8. The van der Waals surface area contributed by atoms with E-state index in [0.717, 1.165) is 16.5 Å². The molecule has 1 aliphatic heterocycles. The molecule has 1 heterocycles. The van der Waals surface area contributed by atoms with Gasteiger partial charge in [0.25, 0.3) is 10.0 Å². The molecule has 0 bridgehead atoms. The van der Waals surface area contributed by atoms with E-state index in [2.05, 4.69) is 5.32 Å². The van der Waals surface area contributed by atoms with Crippen molar-refractivity contribution >= 4 is 61.5 Å². The van der Waals surface area contributed by atoms with Crippen LogP contribution in [0.15, 0.2) is 89.8 Å². The van der Waals surface area contributed by atoms with Crippen LogP contribution in [0.5, 0.6) is 0 Å². The number of sulfonamides is 1. The standard InChI is InChI=1S/C31H29Cl2N3O4S/c1-34-31(38)27(19-21-8-3-2-4-9-21)35(20-22-15-16-24(32)25(33)18-22)29(37)14-7-17-36-26-12-5-10-23-11-6-13-28(30(23)26)41(36,39)40/h2-6,8-13,15-16,18,27H,7,14,17,19-20H2,1H3,(H,34,38). The number of carbonyl (C=O) groups is 2. The highest BCUT2D eigenvalue weighted by Crippen LogP contribution is 2.42. The topological polar surface area (TPSA) is 86.8 Å². The summed E-state index contributed by atoms with van der Waals surface area (Å²) in [6.45, 7) is 0.263. The van der Waals surface area contributed by atoms with Gasteiger partial charge in [-0.1, -0.05) is 83.9 Å². The number of benzene rings is 4. The Balaban J connectivity index is 1.39. The van der Waals surface area contributed by atoms with Crippen molar-refractivity contribution in [1.29, 1.82) is 0 Å². The zero-order chi connectivity index (χ0) is 29.1. The molecule has 1 atom stereocenters. The van der Waals surface area contributed by atoms with Crippen molar-refractivity contribution < 1.29 is 18.0 Å². The highest BCUT2D eigenvalue weighted by atomic mass is 35.5. The molecular formula is C31H29Cl2N3O4S. The Kier molecular flexibility index (Phi) is 8.54. The van der Waals surface area contributed by atoms with Gasteiger partial charge in [-0.2, -0.15) is 0 Å². The maximum absolute atomic E-state index is 13.8. The molecule has 0 saturated heterocycles. The number of likely N-dealkylation sites (N-methyl/N-ethyl adjacent to an activating group) is 1. The molecule has 7 nitrogen and oxygen atoms in total. The number of carbonyl (C=O) groups excluding carboxylic acids is 2. The number of halogens is 2. The van der Waals surface area contributed by atoms with E-state index in [0.29, 0.717) is 27.5 Å². The maximum Gasteiger partial charge on any atom is 0.265 e. The Morgan fingerprint density at radius 1 is 0.902 bits per heavy atom. The van der Waals surface area contributed by atoms with Crippen molar-refractivity contribution in [3.63, 3.8) is 0 Å². The highest BCUT2D eigenvalue weighted by Gasteiger charge is 2.36. The van der Waals surface area contributed by atoms with Crippen molar-refractivity contribution in [2.24, 2.45) is 0 Å². The van der Waals surface area contributed by atoms with Gasteiger partial charge in [-0.05, 0) is 47.2 Å². The second kappa shape index (κ2) is 12.1. The van der Waals surface area contributed by atoms with E-state index in [4.69, 9.17) is 23.2 Å². The average molecular weight is 611 g/mol. The lowest BCUT2D eigenvalue weighted by atomic mass is 10.0. The predicted molar refractivity (Wildman–Crippen MR) is 163 cm³/mol. The van der Waals surface area contributed by atoms with Gasteiger partial charge >= 0.3 is 0 Å².